The third kappa shape index (κ3) is 6.06. The zero-order valence-electron chi connectivity index (χ0n) is 15.7. The fraction of sp³-hybridized carbons (Fsp3) is 0.0833. The number of carbonyl (C=O) groups excluding carboxylic acids is 2. The van der Waals surface area contributed by atoms with Crippen LogP contribution in [0.5, 0.6) is 0 Å². The molecule has 0 saturated carbocycles. The lowest BCUT2D eigenvalue weighted by Gasteiger charge is -2.07. The van der Waals surface area contributed by atoms with Crippen LogP contribution in [0.2, 0.25) is 0 Å². The van der Waals surface area contributed by atoms with E-state index in [1.807, 2.05) is 42.5 Å². The number of nitrogens with one attached hydrogen (secondary N) is 1. The van der Waals surface area contributed by atoms with E-state index in [0.29, 0.717) is 16.1 Å². The second-order valence-electron chi connectivity index (χ2n) is 6.24. The fourth-order valence-corrected chi connectivity index (χ4v) is 3.24. The summed E-state index contributed by atoms with van der Waals surface area (Å²) in [5.74, 6) is 5.24. The molecule has 0 aliphatic rings. The maximum atomic E-state index is 14.0. The topological polar surface area (TPSA) is 46.2 Å². The standard InChI is InChI=1S/C24H18FNO2S/c1-17(27)20-12-13-23(22(25)15-20)29-16-24(28)26-21-9-5-8-19(14-21)11-10-18-6-3-2-4-7-18/h2-9,12-15H,16H2,1H3,(H,26,28). The molecule has 3 aromatic carbocycles. The molecule has 0 aliphatic heterocycles. The first-order valence-electron chi connectivity index (χ1n) is 8.91. The van der Waals surface area contributed by atoms with E-state index in [2.05, 4.69) is 17.2 Å². The summed E-state index contributed by atoms with van der Waals surface area (Å²) in [6, 6.07) is 21.2. The second kappa shape index (κ2) is 9.72. The highest BCUT2D eigenvalue weighted by molar-refractivity contribution is 8.00. The predicted octanol–water partition coefficient (Wildman–Crippen LogP) is 5.16. The first-order chi connectivity index (χ1) is 14.0. The lowest BCUT2D eigenvalue weighted by Crippen LogP contribution is -2.14. The van der Waals surface area contributed by atoms with Crippen molar-refractivity contribution in [3.05, 3.63) is 95.3 Å². The van der Waals surface area contributed by atoms with E-state index < -0.39 is 5.82 Å². The van der Waals surface area contributed by atoms with Crippen LogP contribution in [-0.4, -0.2) is 17.4 Å². The van der Waals surface area contributed by atoms with Crippen LogP contribution in [0.25, 0.3) is 0 Å². The Bertz CT molecular complexity index is 1100. The largest absolute Gasteiger partial charge is 0.325 e. The molecule has 144 valence electrons. The Morgan fingerprint density at radius 3 is 2.38 bits per heavy atom. The molecular formula is C24H18FNO2S. The highest BCUT2D eigenvalue weighted by Crippen LogP contribution is 2.23. The van der Waals surface area contributed by atoms with Gasteiger partial charge < -0.3 is 5.32 Å². The molecule has 0 spiro atoms. The molecule has 0 fully saturated rings. The Balaban J connectivity index is 1.60. The van der Waals surface area contributed by atoms with Gasteiger partial charge in [-0.1, -0.05) is 42.2 Å². The molecule has 1 amide bonds. The number of hydrogen-bond acceptors (Lipinski definition) is 3. The smallest absolute Gasteiger partial charge is 0.234 e. The summed E-state index contributed by atoms with van der Waals surface area (Å²) in [7, 11) is 0. The van der Waals surface area contributed by atoms with Crippen molar-refractivity contribution in [2.75, 3.05) is 11.1 Å². The van der Waals surface area contributed by atoms with Crippen LogP contribution >= 0.6 is 11.8 Å². The molecule has 0 unspecified atom stereocenters. The second-order valence-corrected chi connectivity index (χ2v) is 7.25. The van der Waals surface area contributed by atoms with Gasteiger partial charge in [0.25, 0.3) is 0 Å². The molecule has 3 rings (SSSR count). The number of thioether (sulfide) groups is 1. The summed E-state index contributed by atoms with van der Waals surface area (Å²) < 4.78 is 14.0. The number of amides is 1. The molecule has 5 heteroatoms. The number of hydrogen-bond donors (Lipinski definition) is 1. The number of ketones is 1. The van der Waals surface area contributed by atoms with Crippen LogP contribution in [0.3, 0.4) is 0 Å². The number of benzene rings is 3. The molecular weight excluding hydrogens is 385 g/mol. The Morgan fingerprint density at radius 2 is 1.66 bits per heavy atom. The summed E-state index contributed by atoms with van der Waals surface area (Å²) in [5.41, 5.74) is 2.63. The minimum atomic E-state index is -0.506. The summed E-state index contributed by atoms with van der Waals surface area (Å²) in [4.78, 5) is 23.8. The van der Waals surface area contributed by atoms with Gasteiger partial charge >= 0.3 is 0 Å². The molecule has 3 nitrogen and oxygen atoms in total. The van der Waals surface area contributed by atoms with Crippen molar-refractivity contribution in [1.82, 2.24) is 0 Å². The van der Waals surface area contributed by atoms with Gasteiger partial charge in [-0.3, -0.25) is 9.59 Å². The first kappa shape index (κ1) is 20.4. The quantitative estimate of drug-likeness (QED) is 0.364. The number of halogens is 1. The maximum Gasteiger partial charge on any atom is 0.234 e. The molecule has 0 bridgehead atoms. The minimum absolute atomic E-state index is 0.0518. The Hall–Kier alpha value is -3.36. The third-order valence-corrected chi connectivity index (χ3v) is 5.02. The van der Waals surface area contributed by atoms with E-state index in [0.717, 1.165) is 22.9 Å². The van der Waals surface area contributed by atoms with Crippen LogP contribution in [0.15, 0.2) is 77.7 Å². The third-order valence-electron chi connectivity index (χ3n) is 3.97. The van der Waals surface area contributed by atoms with Gasteiger partial charge in [0.05, 0.1) is 5.75 Å². The molecule has 0 aromatic heterocycles. The van der Waals surface area contributed by atoms with Crippen molar-refractivity contribution in [1.29, 1.82) is 0 Å². The van der Waals surface area contributed by atoms with Gasteiger partial charge in [-0.2, -0.15) is 0 Å². The molecule has 0 aliphatic carbocycles. The number of Topliss-reactive ketones (excluding diaryl/α,β-unsaturated/α-hetero) is 1. The molecule has 29 heavy (non-hydrogen) atoms. The zero-order valence-corrected chi connectivity index (χ0v) is 16.6. The van der Waals surface area contributed by atoms with E-state index in [9.17, 15) is 14.0 Å². The number of anilines is 1. The SMILES string of the molecule is CC(=O)c1ccc(SCC(=O)Nc2cccc(C#Cc3ccccc3)c2)c(F)c1. The molecule has 0 heterocycles. The van der Waals surface area contributed by atoms with Gasteiger partial charge in [0, 0.05) is 27.3 Å². The minimum Gasteiger partial charge on any atom is -0.325 e. The predicted molar refractivity (Wildman–Crippen MR) is 115 cm³/mol. The summed E-state index contributed by atoms with van der Waals surface area (Å²) in [5, 5.41) is 2.80. The Labute approximate surface area is 173 Å². The molecule has 0 saturated heterocycles. The summed E-state index contributed by atoms with van der Waals surface area (Å²) in [6.07, 6.45) is 0. The summed E-state index contributed by atoms with van der Waals surface area (Å²) >= 11 is 1.08. The van der Waals surface area contributed by atoms with E-state index in [1.54, 1.807) is 18.2 Å². The van der Waals surface area contributed by atoms with Crippen LogP contribution < -0.4 is 5.32 Å². The van der Waals surface area contributed by atoms with Gasteiger partial charge in [0.2, 0.25) is 5.91 Å². The fourth-order valence-electron chi connectivity index (χ4n) is 2.52. The van der Waals surface area contributed by atoms with Gasteiger partial charge in [-0.15, -0.1) is 11.8 Å². The first-order valence-corrected chi connectivity index (χ1v) is 9.90. The molecule has 0 atom stereocenters. The average molecular weight is 403 g/mol. The lowest BCUT2D eigenvalue weighted by molar-refractivity contribution is -0.113. The van der Waals surface area contributed by atoms with Crippen LogP contribution in [-0.2, 0) is 4.79 Å². The van der Waals surface area contributed by atoms with E-state index in [1.165, 1.54) is 19.1 Å². The van der Waals surface area contributed by atoms with Crippen molar-refractivity contribution >= 4 is 29.1 Å². The van der Waals surface area contributed by atoms with Crippen LogP contribution in [0, 0.1) is 17.7 Å². The number of rotatable bonds is 5. The van der Waals surface area contributed by atoms with Gasteiger partial charge in [0.1, 0.15) is 5.82 Å². The molecule has 1 N–H and O–H groups in total. The highest BCUT2D eigenvalue weighted by Gasteiger charge is 2.10. The van der Waals surface area contributed by atoms with Crippen molar-refractivity contribution < 1.29 is 14.0 Å². The Kier molecular flexibility index (Phi) is 6.83. The van der Waals surface area contributed by atoms with Crippen molar-refractivity contribution in [3.8, 4) is 11.8 Å². The van der Waals surface area contributed by atoms with Crippen molar-refractivity contribution in [3.63, 3.8) is 0 Å². The monoisotopic (exact) mass is 403 g/mol. The average Bonchev–Trinajstić information content (AvgIpc) is 2.72. The zero-order chi connectivity index (χ0) is 20.6. The van der Waals surface area contributed by atoms with E-state index in [-0.39, 0.29) is 17.4 Å². The lowest BCUT2D eigenvalue weighted by atomic mass is 10.1. The van der Waals surface area contributed by atoms with Crippen molar-refractivity contribution in [2.45, 2.75) is 11.8 Å². The number of carbonyl (C=O) groups is 2. The van der Waals surface area contributed by atoms with Crippen molar-refractivity contribution in [2.24, 2.45) is 0 Å². The maximum absolute atomic E-state index is 14.0. The van der Waals surface area contributed by atoms with Gasteiger partial charge in [-0.05, 0) is 49.4 Å². The molecule has 3 aromatic rings. The van der Waals surface area contributed by atoms with Crippen LogP contribution in [0.1, 0.15) is 28.4 Å². The summed E-state index contributed by atoms with van der Waals surface area (Å²) in [6.45, 7) is 1.38. The normalized spacial score (nSPS) is 10.0. The van der Waals surface area contributed by atoms with Crippen LogP contribution in [0.4, 0.5) is 10.1 Å². The highest BCUT2D eigenvalue weighted by atomic mass is 32.2. The van der Waals surface area contributed by atoms with Gasteiger partial charge in [0.15, 0.2) is 5.78 Å². The molecule has 0 radical (unpaired) electrons. The Morgan fingerprint density at radius 1 is 0.931 bits per heavy atom. The van der Waals surface area contributed by atoms with E-state index in [4.69, 9.17) is 0 Å². The van der Waals surface area contributed by atoms with E-state index >= 15 is 0 Å². The van der Waals surface area contributed by atoms with Gasteiger partial charge in [-0.25, -0.2) is 4.39 Å².